The molecule has 0 aliphatic rings. The Hall–Kier alpha value is -0.440. The van der Waals surface area contributed by atoms with Gasteiger partial charge in [-0.05, 0) is 31.0 Å². The molecule has 1 N–H and O–H groups in total. The summed E-state index contributed by atoms with van der Waals surface area (Å²) in [5.41, 5.74) is 0. The van der Waals surface area contributed by atoms with Crippen molar-refractivity contribution in [3.05, 3.63) is 28.2 Å². The van der Waals surface area contributed by atoms with Gasteiger partial charge in [0.2, 0.25) is 0 Å². The SMILES string of the molecule is CC(C)CCNCCOc1c(Cl)cccc1Cl. The molecule has 0 amide bonds. The Morgan fingerprint density at radius 3 is 2.41 bits per heavy atom. The maximum atomic E-state index is 5.98. The summed E-state index contributed by atoms with van der Waals surface area (Å²) in [5, 5.41) is 4.43. The van der Waals surface area contributed by atoms with Gasteiger partial charge in [0, 0.05) is 6.54 Å². The van der Waals surface area contributed by atoms with Crippen LogP contribution in [0.4, 0.5) is 0 Å². The third-order valence-corrected chi connectivity index (χ3v) is 2.94. The summed E-state index contributed by atoms with van der Waals surface area (Å²) >= 11 is 12.0. The smallest absolute Gasteiger partial charge is 0.156 e. The van der Waals surface area contributed by atoms with Crippen molar-refractivity contribution in [2.45, 2.75) is 20.3 Å². The molecular weight excluding hydrogens is 257 g/mol. The highest BCUT2D eigenvalue weighted by Gasteiger charge is 2.05. The number of para-hydroxylation sites is 1. The zero-order chi connectivity index (χ0) is 12.7. The molecule has 0 saturated carbocycles. The molecule has 2 nitrogen and oxygen atoms in total. The van der Waals surface area contributed by atoms with Crippen molar-refractivity contribution in [1.82, 2.24) is 5.32 Å². The molecule has 17 heavy (non-hydrogen) atoms. The quantitative estimate of drug-likeness (QED) is 0.760. The molecule has 0 fully saturated rings. The van der Waals surface area contributed by atoms with Crippen molar-refractivity contribution in [2.75, 3.05) is 19.7 Å². The molecule has 0 aliphatic heterocycles. The average molecular weight is 276 g/mol. The van der Waals surface area contributed by atoms with E-state index in [2.05, 4.69) is 19.2 Å². The van der Waals surface area contributed by atoms with Crippen molar-refractivity contribution in [2.24, 2.45) is 5.92 Å². The number of ether oxygens (including phenoxy) is 1. The van der Waals surface area contributed by atoms with Crippen molar-refractivity contribution >= 4 is 23.2 Å². The van der Waals surface area contributed by atoms with Crippen LogP contribution in [0.2, 0.25) is 10.0 Å². The second kappa shape index (κ2) is 7.80. The van der Waals surface area contributed by atoms with Crippen molar-refractivity contribution in [3.8, 4) is 5.75 Å². The highest BCUT2D eigenvalue weighted by Crippen LogP contribution is 2.32. The van der Waals surface area contributed by atoms with E-state index in [1.54, 1.807) is 18.2 Å². The zero-order valence-electron chi connectivity index (χ0n) is 10.3. The van der Waals surface area contributed by atoms with E-state index in [1.165, 1.54) is 6.42 Å². The Morgan fingerprint density at radius 1 is 1.18 bits per heavy atom. The van der Waals surface area contributed by atoms with Gasteiger partial charge in [0.25, 0.3) is 0 Å². The largest absolute Gasteiger partial charge is 0.489 e. The Kier molecular flexibility index (Phi) is 6.71. The summed E-state index contributed by atoms with van der Waals surface area (Å²) in [4.78, 5) is 0. The summed E-state index contributed by atoms with van der Waals surface area (Å²) in [6.07, 6.45) is 1.17. The van der Waals surface area contributed by atoms with E-state index >= 15 is 0 Å². The van der Waals surface area contributed by atoms with Gasteiger partial charge in [-0.3, -0.25) is 0 Å². The molecule has 0 aliphatic carbocycles. The average Bonchev–Trinajstić information content (AvgIpc) is 2.26. The van der Waals surface area contributed by atoms with Gasteiger partial charge in [-0.25, -0.2) is 0 Å². The van der Waals surface area contributed by atoms with Crippen LogP contribution < -0.4 is 10.1 Å². The highest BCUT2D eigenvalue weighted by atomic mass is 35.5. The van der Waals surface area contributed by atoms with Crippen LogP contribution in [0, 0.1) is 5.92 Å². The predicted molar refractivity (Wildman–Crippen MR) is 74.3 cm³/mol. The monoisotopic (exact) mass is 275 g/mol. The Bertz CT molecular complexity index is 322. The standard InChI is InChI=1S/C13H19Cl2NO/c1-10(2)6-7-16-8-9-17-13-11(14)4-3-5-12(13)15/h3-5,10,16H,6-9H2,1-2H3. The minimum atomic E-state index is 0.555. The fourth-order valence-electron chi connectivity index (χ4n) is 1.36. The first-order valence-corrected chi connectivity index (χ1v) is 6.64. The predicted octanol–water partition coefficient (Wildman–Crippen LogP) is 4.01. The molecule has 1 rings (SSSR count). The van der Waals surface area contributed by atoms with Gasteiger partial charge in [0.15, 0.2) is 5.75 Å². The van der Waals surface area contributed by atoms with E-state index in [-0.39, 0.29) is 0 Å². The second-order valence-electron chi connectivity index (χ2n) is 4.33. The molecule has 0 saturated heterocycles. The number of benzene rings is 1. The Morgan fingerprint density at radius 2 is 1.82 bits per heavy atom. The maximum Gasteiger partial charge on any atom is 0.156 e. The summed E-state index contributed by atoms with van der Waals surface area (Å²) in [5.74, 6) is 1.29. The first-order chi connectivity index (χ1) is 8.11. The van der Waals surface area contributed by atoms with E-state index in [9.17, 15) is 0 Å². The van der Waals surface area contributed by atoms with Crippen LogP contribution in [0.15, 0.2) is 18.2 Å². The van der Waals surface area contributed by atoms with Crippen LogP contribution >= 0.6 is 23.2 Å². The first kappa shape index (κ1) is 14.6. The molecule has 1 aromatic rings. The molecular formula is C13H19Cl2NO. The van der Waals surface area contributed by atoms with Crippen LogP contribution in [0.5, 0.6) is 5.75 Å². The number of rotatable bonds is 7. The molecule has 4 heteroatoms. The second-order valence-corrected chi connectivity index (χ2v) is 5.15. The third-order valence-electron chi connectivity index (χ3n) is 2.34. The van der Waals surface area contributed by atoms with Gasteiger partial charge in [0.1, 0.15) is 6.61 Å². The zero-order valence-corrected chi connectivity index (χ0v) is 11.8. The first-order valence-electron chi connectivity index (χ1n) is 5.88. The number of hydrogen-bond donors (Lipinski definition) is 1. The van der Waals surface area contributed by atoms with Crippen LogP contribution in [-0.2, 0) is 0 Å². The van der Waals surface area contributed by atoms with E-state index in [0.717, 1.165) is 19.0 Å². The highest BCUT2D eigenvalue weighted by molar-refractivity contribution is 6.37. The lowest BCUT2D eigenvalue weighted by molar-refractivity contribution is 0.312. The lowest BCUT2D eigenvalue weighted by Gasteiger charge is -2.10. The third kappa shape index (κ3) is 5.62. The molecule has 0 unspecified atom stereocenters. The Labute approximate surface area is 113 Å². The van der Waals surface area contributed by atoms with Gasteiger partial charge in [-0.1, -0.05) is 43.1 Å². The van der Waals surface area contributed by atoms with Crippen LogP contribution in [-0.4, -0.2) is 19.7 Å². The molecule has 0 radical (unpaired) electrons. The Balaban J connectivity index is 2.22. The molecule has 0 heterocycles. The van der Waals surface area contributed by atoms with Gasteiger partial charge in [-0.15, -0.1) is 0 Å². The van der Waals surface area contributed by atoms with Crippen molar-refractivity contribution < 1.29 is 4.74 Å². The summed E-state index contributed by atoms with van der Waals surface area (Å²) in [6, 6.07) is 5.35. The summed E-state index contributed by atoms with van der Waals surface area (Å²) in [6.45, 7) is 6.80. The van der Waals surface area contributed by atoms with Gasteiger partial charge < -0.3 is 10.1 Å². The number of nitrogens with one attached hydrogen (secondary N) is 1. The van der Waals surface area contributed by atoms with E-state index < -0.39 is 0 Å². The lowest BCUT2D eigenvalue weighted by atomic mass is 10.1. The fourth-order valence-corrected chi connectivity index (χ4v) is 1.87. The maximum absolute atomic E-state index is 5.98. The molecule has 96 valence electrons. The van der Waals surface area contributed by atoms with E-state index in [1.807, 2.05) is 0 Å². The van der Waals surface area contributed by atoms with E-state index in [0.29, 0.717) is 22.4 Å². The molecule has 1 aromatic carbocycles. The minimum absolute atomic E-state index is 0.555. The molecule has 0 atom stereocenters. The number of hydrogen-bond acceptors (Lipinski definition) is 2. The molecule has 0 bridgehead atoms. The van der Waals surface area contributed by atoms with Gasteiger partial charge >= 0.3 is 0 Å². The van der Waals surface area contributed by atoms with Crippen molar-refractivity contribution in [3.63, 3.8) is 0 Å². The topological polar surface area (TPSA) is 21.3 Å². The molecule has 0 spiro atoms. The minimum Gasteiger partial charge on any atom is -0.489 e. The number of halogens is 2. The van der Waals surface area contributed by atoms with Gasteiger partial charge in [-0.2, -0.15) is 0 Å². The molecule has 0 aromatic heterocycles. The van der Waals surface area contributed by atoms with Crippen LogP contribution in [0.3, 0.4) is 0 Å². The summed E-state index contributed by atoms with van der Waals surface area (Å²) in [7, 11) is 0. The van der Waals surface area contributed by atoms with Crippen LogP contribution in [0.1, 0.15) is 20.3 Å². The summed E-state index contributed by atoms with van der Waals surface area (Å²) < 4.78 is 5.55. The lowest BCUT2D eigenvalue weighted by Crippen LogP contribution is -2.23. The van der Waals surface area contributed by atoms with Crippen LogP contribution in [0.25, 0.3) is 0 Å². The normalized spacial score (nSPS) is 10.9. The van der Waals surface area contributed by atoms with E-state index in [4.69, 9.17) is 27.9 Å². The fraction of sp³-hybridized carbons (Fsp3) is 0.538. The van der Waals surface area contributed by atoms with Gasteiger partial charge in [0.05, 0.1) is 10.0 Å². The van der Waals surface area contributed by atoms with Crippen molar-refractivity contribution in [1.29, 1.82) is 0 Å².